The summed E-state index contributed by atoms with van der Waals surface area (Å²) in [5.41, 5.74) is 0.665. The Bertz CT molecular complexity index is 987. The monoisotopic (exact) mass is 421 g/mol. The molecule has 0 unspecified atom stereocenters. The zero-order valence-electron chi connectivity index (χ0n) is 13.8. The van der Waals surface area contributed by atoms with Crippen LogP contribution in [0.5, 0.6) is 0 Å². The van der Waals surface area contributed by atoms with Gasteiger partial charge < -0.3 is 0 Å². The Balaban J connectivity index is 2.35. The van der Waals surface area contributed by atoms with Crippen LogP contribution in [0.4, 0.5) is 0 Å². The highest BCUT2D eigenvalue weighted by Crippen LogP contribution is 2.30. The van der Waals surface area contributed by atoms with E-state index in [9.17, 15) is 16.8 Å². The summed E-state index contributed by atoms with van der Waals surface area (Å²) in [7, 11) is -5.65. The standard InChI is InChI=1S/C16H17Cl2NO4S2/c1-11(12-4-6-13(7-5-12)24(3,20)21)19(2)25(22,23)14-8-9-15(17)16(18)10-14/h4-11H,1-3H3/t11-/m0/s1. The van der Waals surface area contributed by atoms with Crippen LogP contribution in [0.1, 0.15) is 18.5 Å². The fraction of sp³-hybridized carbons (Fsp3) is 0.250. The van der Waals surface area contributed by atoms with Gasteiger partial charge in [-0.2, -0.15) is 4.31 Å². The van der Waals surface area contributed by atoms with Crippen LogP contribution >= 0.6 is 23.2 Å². The van der Waals surface area contributed by atoms with Crippen molar-refractivity contribution in [2.75, 3.05) is 13.3 Å². The highest BCUT2D eigenvalue weighted by Gasteiger charge is 2.27. The fourth-order valence-corrected chi connectivity index (χ4v) is 4.59. The van der Waals surface area contributed by atoms with Gasteiger partial charge in [0.15, 0.2) is 9.84 Å². The van der Waals surface area contributed by atoms with Crippen molar-refractivity contribution in [2.45, 2.75) is 22.8 Å². The van der Waals surface area contributed by atoms with E-state index >= 15 is 0 Å². The van der Waals surface area contributed by atoms with Gasteiger partial charge in [0.1, 0.15) is 0 Å². The van der Waals surface area contributed by atoms with Crippen molar-refractivity contribution in [3.05, 3.63) is 58.1 Å². The molecule has 0 heterocycles. The number of halogens is 2. The Morgan fingerprint density at radius 1 is 0.880 bits per heavy atom. The van der Waals surface area contributed by atoms with E-state index in [-0.39, 0.29) is 19.8 Å². The summed E-state index contributed by atoms with van der Waals surface area (Å²) in [4.78, 5) is 0.211. The molecule has 2 aromatic carbocycles. The molecule has 0 aliphatic rings. The zero-order chi connectivity index (χ0) is 19.0. The lowest BCUT2D eigenvalue weighted by Gasteiger charge is -2.25. The molecule has 0 spiro atoms. The maximum absolute atomic E-state index is 12.8. The van der Waals surface area contributed by atoms with Gasteiger partial charge in [0, 0.05) is 19.3 Å². The molecule has 136 valence electrons. The predicted molar refractivity (Wildman–Crippen MR) is 99.4 cm³/mol. The molecule has 2 rings (SSSR count). The predicted octanol–water partition coefficient (Wildman–Crippen LogP) is 3.78. The molecule has 0 aliphatic heterocycles. The van der Waals surface area contributed by atoms with Crippen molar-refractivity contribution in [1.82, 2.24) is 4.31 Å². The average molecular weight is 422 g/mol. The lowest BCUT2D eigenvalue weighted by molar-refractivity contribution is 0.398. The molecule has 1 atom stereocenters. The number of hydrogen-bond donors (Lipinski definition) is 0. The van der Waals surface area contributed by atoms with Gasteiger partial charge >= 0.3 is 0 Å². The van der Waals surface area contributed by atoms with Crippen LogP contribution in [0.3, 0.4) is 0 Å². The summed E-state index contributed by atoms with van der Waals surface area (Å²) < 4.78 is 49.8. The molecule has 25 heavy (non-hydrogen) atoms. The van der Waals surface area contributed by atoms with Crippen LogP contribution in [-0.2, 0) is 19.9 Å². The summed E-state index contributed by atoms with van der Waals surface area (Å²) in [5, 5.41) is 0.425. The first-order valence-electron chi connectivity index (χ1n) is 7.17. The van der Waals surface area contributed by atoms with Gasteiger partial charge in [-0.15, -0.1) is 0 Å². The van der Waals surface area contributed by atoms with Gasteiger partial charge in [0.2, 0.25) is 10.0 Å². The van der Waals surface area contributed by atoms with Gasteiger partial charge in [0.25, 0.3) is 0 Å². The maximum Gasteiger partial charge on any atom is 0.243 e. The number of nitrogens with zero attached hydrogens (tertiary/aromatic N) is 1. The number of rotatable bonds is 5. The van der Waals surface area contributed by atoms with Crippen LogP contribution in [0.15, 0.2) is 52.3 Å². The highest BCUT2D eigenvalue weighted by molar-refractivity contribution is 7.90. The van der Waals surface area contributed by atoms with Gasteiger partial charge in [0.05, 0.1) is 19.8 Å². The number of sulfonamides is 1. The smallest absolute Gasteiger partial charge is 0.224 e. The Labute approximate surface area is 158 Å². The van der Waals surface area contributed by atoms with Crippen molar-refractivity contribution in [3.8, 4) is 0 Å². The summed E-state index contributed by atoms with van der Waals surface area (Å²) in [6.45, 7) is 1.71. The van der Waals surface area contributed by atoms with Gasteiger partial charge in [-0.05, 0) is 42.8 Å². The normalized spacial score (nSPS) is 13.8. The lowest BCUT2D eigenvalue weighted by Crippen LogP contribution is -2.29. The van der Waals surface area contributed by atoms with E-state index in [1.807, 2.05) is 0 Å². The third-order valence-corrected chi connectivity index (χ3v) is 7.70. The largest absolute Gasteiger partial charge is 0.243 e. The molecule has 0 radical (unpaired) electrons. The van der Waals surface area contributed by atoms with Crippen molar-refractivity contribution < 1.29 is 16.8 Å². The van der Waals surface area contributed by atoms with E-state index in [2.05, 4.69) is 0 Å². The molecule has 0 saturated heterocycles. The molecule has 0 saturated carbocycles. The van der Waals surface area contributed by atoms with Crippen molar-refractivity contribution in [1.29, 1.82) is 0 Å². The molecule has 2 aromatic rings. The molecule has 0 fully saturated rings. The van der Waals surface area contributed by atoms with E-state index in [1.165, 1.54) is 41.7 Å². The molecule has 0 aliphatic carbocycles. The fourth-order valence-electron chi connectivity index (χ4n) is 2.22. The number of hydrogen-bond acceptors (Lipinski definition) is 4. The molecule has 0 aromatic heterocycles. The summed E-state index contributed by atoms with van der Waals surface area (Å²) in [6, 6.07) is 9.73. The second-order valence-electron chi connectivity index (χ2n) is 5.61. The lowest BCUT2D eigenvalue weighted by atomic mass is 10.1. The topological polar surface area (TPSA) is 71.5 Å². The minimum atomic E-state index is -3.79. The molecular weight excluding hydrogens is 405 g/mol. The van der Waals surface area contributed by atoms with Crippen LogP contribution < -0.4 is 0 Å². The maximum atomic E-state index is 12.8. The summed E-state index contributed by atoms with van der Waals surface area (Å²) in [5.74, 6) is 0. The van der Waals surface area contributed by atoms with Crippen molar-refractivity contribution >= 4 is 43.1 Å². The second kappa shape index (κ2) is 7.25. The molecule has 5 nitrogen and oxygen atoms in total. The highest BCUT2D eigenvalue weighted by atomic mass is 35.5. The average Bonchev–Trinajstić information content (AvgIpc) is 2.55. The molecular formula is C16H17Cl2NO4S2. The minimum absolute atomic E-state index is 0.0315. The minimum Gasteiger partial charge on any atom is -0.224 e. The van der Waals surface area contributed by atoms with Crippen molar-refractivity contribution in [2.24, 2.45) is 0 Å². The molecule has 0 amide bonds. The molecule has 0 bridgehead atoms. The third kappa shape index (κ3) is 4.35. The Kier molecular flexibility index (Phi) is 5.85. The third-order valence-electron chi connectivity index (χ3n) is 3.90. The van der Waals surface area contributed by atoms with E-state index in [4.69, 9.17) is 23.2 Å². The Morgan fingerprint density at radius 2 is 1.40 bits per heavy atom. The number of benzene rings is 2. The first-order chi connectivity index (χ1) is 11.4. The van der Waals surface area contributed by atoms with E-state index < -0.39 is 25.9 Å². The first-order valence-corrected chi connectivity index (χ1v) is 11.3. The van der Waals surface area contributed by atoms with Crippen LogP contribution in [0.25, 0.3) is 0 Å². The van der Waals surface area contributed by atoms with Gasteiger partial charge in [-0.3, -0.25) is 0 Å². The van der Waals surface area contributed by atoms with Gasteiger partial charge in [-0.1, -0.05) is 35.3 Å². The molecule has 0 N–H and O–H groups in total. The molecule has 9 heteroatoms. The Hall–Kier alpha value is -1.12. The SMILES string of the molecule is C[C@@H](c1ccc(S(C)(=O)=O)cc1)N(C)S(=O)(=O)c1ccc(Cl)c(Cl)c1. The van der Waals surface area contributed by atoms with Gasteiger partial charge in [-0.25, -0.2) is 16.8 Å². The summed E-state index contributed by atoms with van der Waals surface area (Å²) in [6.07, 6.45) is 1.12. The number of sulfone groups is 1. The summed E-state index contributed by atoms with van der Waals surface area (Å²) >= 11 is 11.7. The quantitative estimate of drug-likeness (QED) is 0.735. The van der Waals surface area contributed by atoms with E-state index in [0.29, 0.717) is 5.56 Å². The van der Waals surface area contributed by atoms with Crippen LogP contribution in [0, 0.1) is 0 Å². The van der Waals surface area contributed by atoms with E-state index in [1.54, 1.807) is 19.1 Å². The zero-order valence-corrected chi connectivity index (χ0v) is 16.9. The van der Waals surface area contributed by atoms with Crippen LogP contribution in [0.2, 0.25) is 10.0 Å². The van der Waals surface area contributed by atoms with E-state index in [0.717, 1.165) is 6.26 Å². The van der Waals surface area contributed by atoms with Crippen LogP contribution in [-0.4, -0.2) is 34.4 Å². The van der Waals surface area contributed by atoms with Crippen molar-refractivity contribution in [3.63, 3.8) is 0 Å². The Morgan fingerprint density at radius 3 is 1.88 bits per heavy atom. The first kappa shape index (κ1) is 20.2. The second-order valence-corrected chi connectivity index (χ2v) is 10.4.